The summed E-state index contributed by atoms with van der Waals surface area (Å²) < 4.78 is 105. The summed E-state index contributed by atoms with van der Waals surface area (Å²) in [7, 11) is -11.0. The maximum absolute atomic E-state index is 14.4. The van der Waals surface area contributed by atoms with E-state index in [9.17, 15) is 39.9 Å². The number of alkyl halides is 3. The fourth-order valence-electron chi connectivity index (χ4n) is 8.96. The van der Waals surface area contributed by atoms with Gasteiger partial charge in [0.25, 0.3) is 25.8 Å². The van der Waals surface area contributed by atoms with Crippen molar-refractivity contribution < 1.29 is 44.6 Å². The number of hydrogen-bond donors (Lipinski definition) is 3. The molecular weight excluding hydrogens is 983 g/mol. The second-order valence-corrected chi connectivity index (χ2v) is 22.6. The van der Waals surface area contributed by atoms with Gasteiger partial charge in [-0.1, -0.05) is 80.0 Å². The molecule has 3 N–H and O–H groups in total. The third-order valence-corrected chi connectivity index (χ3v) is 17.3. The zero-order valence-electron chi connectivity index (χ0n) is 39.0. The van der Waals surface area contributed by atoms with Gasteiger partial charge in [0.1, 0.15) is 4.90 Å². The minimum atomic E-state index is -6.10. The molecular formula is C51H59ClF3N5O7S3. The largest absolute Gasteiger partial charge is 0.501 e. The van der Waals surface area contributed by atoms with Gasteiger partial charge in [-0.15, -0.1) is 11.8 Å². The van der Waals surface area contributed by atoms with Crippen LogP contribution in [0.1, 0.15) is 55.1 Å². The van der Waals surface area contributed by atoms with Gasteiger partial charge in [0.2, 0.25) is 0 Å². The molecule has 5 aromatic rings. The summed E-state index contributed by atoms with van der Waals surface area (Å²) in [4.78, 5) is 18.9. The lowest BCUT2D eigenvalue weighted by atomic mass is 9.84. The molecule has 0 aromatic heterocycles. The number of carbonyl (C=O) groups is 1. The van der Waals surface area contributed by atoms with E-state index < -0.39 is 58.9 Å². The Morgan fingerprint density at radius 2 is 1.56 bits per heavy atom. The van der Waals surface area contributed by atoms with Crippen molar-refractivity contribution in [2.45, 2.75) is 71.5 Å². The van der Waals surface area contributed by atoms with E-state index in [1.165, 1.54) is 23.9 Å². The summed E-state index contributed by atoms with van der Waals surface area (Å²) in [5, 5.41) is 15.2. The number of nitrogens with one attached hydrogen (secondary N) is 2. The third-order valence-electron chi connectivity index (χ3n) is 13.0. The van der Waals surface area contributed by atoms with Crippen LogP contribution < -0.4 is 14.9 Å². The molecule has 0 saturated carbocycles. The molecule has 2 heterocycles. The first kappa shape index (κ1) is 53.1. The minimum absolute atomic E-state index is 0.0207. The molecule has 0 unspecified atom stereocenters. The molecule has 0 bridgehead atoms. The average Bonchev–Trinajstić information content (AvgIpc) is 3.36. The minimum Gasteiger partial charge on any atom is -0.388 e. The number of benzene rings is 5. The Morgan fingerprint density at radius 3 is 2.23 bits per heavy atom. The molecule has 0 spiro atoms. The molecule has 19 heteroatoms. The molecule has 2 aliphatic heterocycles. The summed E-state index contributed by atoms with van der Waals surface area (Å²) in [6.07, 6.45) is 1.06. The maximum atomic E-state index is 14.4. The molecule has 7 rings (SSSR count). The number of aliphatic hydroxyl groups excluding tert-OH is 1. The highest BCUT2D eigenvalue weighted by molar-refractivity contribution is 7.99. The lowest BCUT2D eigenvalue weighted by Gasteiger charge is -2.39. The topological polar surface area (TPSA) is 149 Å². The summed E-state index contributed by atoms with van der Waals surface area (Å²) in [6, 6.07) is 32.8. The maximum Gasteiger partial charge on any atom is 0.501 e. The van der Waals surface area contributed by atoms with Gasteiger partial charge >= 0.3 is 5.51 Å². The highest BCUT2D eigenvalue weighted by Crippen LogP contribution is 2.39. The van der Waals surface area contributed by atoms with E-state index in [2.05, 4.69) is 33.9 Å². The summed E-state index contributed by atoms with van der Waals surface area (Å²) in [5.41, 5.74) is -2.75. The zero-order chi connectivity index (χ0) is 50.1. The number of hydrogen-bond acceptors (Lipinski definition) is 12. The number of anilines is 2. The molecule has 3 atom stereocenters. The molecule has 70 heavy (non-hydrogen) atoms. The van der Waals surface area contributed by atoms with E-state index in [4.69, 9.17) is 16.3 Å². The first-order valence-corrected chi connectivity index (χ1v) is 27.7. The Kier molecular flexibility index (Phi) is 18.0. The normalized spacial score (nSPS) is 17.3. The van der Waals surface area contributed by atoms with Crippen molar-refractivity contribution in [3.63, 3.8) is 0 Å². The van der Waals surface area contributed by atoms with Crippen LogP contribution >= 0.6 is 23.4 Å². The van der Waals surface area contributed by atoms with Crippen molar-refractivity contribution >= 4 is 60.5 Å². The Balaban J connectivity index is 1.04. The predicted octanol–water partition coefficient (Wildman–Crippen LogP) is 9.37. The molecule has 0 radical (unpaired) electrons. The van der Waals surface area contributed by atoms with Crippen LogP contribution in [0.15, 0.2) is 136 Å². The lowest BCUT2D eigenvalue weighted by Crippen LogP contribution is -2.52. The van der Waals surface area contributed by atoms with Gasteiger partial charge in [-0.25, -0.2) is 21.6 Å². The highest BCUT2D eigenvalue weighted by Gasteiger charge is 2.48. The second-order valence-electron chi connectivity index (χ2n) is 17.5. The van der Waals surface area contributed by atoms with E-state index >= 15 is 0 Å². The SMILES string of the molecule is CCN(CC)C[C@H]1COCCN1CC[C@H](CSc1ccccc1)Nc1ccc(S(=O)(=O)NC(=O)c2ccc(N3CCC([C@@H](O)c4ccccc4-c4ccc(Cl)cc4)CC3)cc2)cc1S(=O)(=O)C(F)(F)F. The van der Waals surface area contributed by atoms with Gasteiger partial charge in [0, 0.05) is 71.7 Å². The first-order valence-electron chi connectivity index (χ1n) is 23.4. The standard InChI is InChI=1S/C51H59ClF3N5O7S3/c1-3-58(4-2)33-42-34-67-31-30-60(42)29-26-40(35-68-43-10-6-5-7-11-43)56-47-23-22-44(32-48(47)69(63,64)51(53,54)55)70(65,66)57-50(62)38-16-20-41(21-17-38)59-27-24-37(25-28-59)49(61)46-13-9-8-12-45(46)36-14-18-39(52)19-15-36/h5-23,32,37,40,42,49,56,61H,3-4,24-31,33-35H2,1-2H3,(H,57,62)/t40-,42+,49-/m1/s1. The van der Waals surface area contributed by atoms with Gasteiger partial charge in [0.05, 0.1) is 29.9 Å². The number of aliphatic hydroxyl groups is 1. The van der Waals surface area contributed by atoms with Crippen LogP contribution in [0.5, 0.6) is 0 Å². The number of halogens is 4. The Hall–Kier alpha value is -4.66. The molecule has 2 aliphatic rings. The van der Waals surface area contributed by atoms with Gasteiger partial charge in [-0.05, 0) is 122 Å². The summed E-state index contributed by atoms with van der Waals surface area (Å²) >= 11 is 7.56. The van der Waals surface area contributed by atoms with Crippen molar-refractivity contribution in [3.05, 3.63) is 137 Å². The van der Waals surface area contributed by atoms with Crippen molar-refractivity contribution in [1.82, 2.24) is 14.5 Å². The third kappa shape index (κ3) is 13.2. The quantitative estimate of drug-likeness (QED) is 0.0638. The number of ether oxygens (including phenoxy) is 1. The monoisotopic (exact) mass is 1040 g/mol. The van der Waals surface area contributed by atoms with Gasteiger partial charge in [0.15, 0.2) is 0 Å². The van der Waals surface area contributed by atoms with Crippen LogP contribution in [0.4, 0.5) is 24.5 Å². The number of sulfonamides is 1. The van der Waals surface area contributed by atoms with Crippen molar-refractivity contribution in [3.8, 4) is 11.1 Å². The summed E-state index contributed by atoms with van der Waals surface area (Å²) in [6.45, 7) is 10.1. The summed E-state index contributed by atoms with van der Waals surface area (Å²) in [5.74, 6) is -0.735. The number of carbonyl (C=O) groups excluding carboxylic acids is 1. The van der Waals surface area contributed by atoms with Crippen molar-refractivity contribution in [2.24, 2.45) is 5.92 Å². The fraction of sp³-hybridized carbons (Fsp3) is 0.392. The van der Waals surface area contributed by atoms with Crippen LogP contribution in [-0.2, 0) is 24.6 Å². The van der Waals surface area contributed by atoms with Gasteiger partial charge < -0.3 is 25.0 Å². The number of piperidine rings is 1. The smallest absolute Gasteiger partial charge is 0.388 e. The molecule has 376 valence electrons. The molecule has 0 aliphatic carbocycles. The Morgan fingerprint density at radius 1 is 0.886 bits per heavy atom. The average molecular weight is 1040 g/mol. The van der Waals surface area contributed by atoms with Crippen molar-refractivity contribution in [1.29, 1.82) is 0 Å². The Bertz CT molecular complexity index is 2750. The number of morpholine rings is 1. The van der Waals surface area contributed by atoms with Gasteiger partial charge in [-0.2, -0.15) is 13.2 Å². The Labute approximate surface area is 418 Å². The van der Waals surface area contributed by atoms with Crippen LogP contribution in [0.2, 0.25) is 5.02 Å². The van der Waals surface area contributed by atoms with E-state index in [1.54, 1.807) is 12.1 Å². The van der Waals surface area contributed by atoms with E-state index in [0.29, 0.717) is 75.5 Å². The van der Waals surface area contributed by atoms with Crippen LogP contribution in [0, 0.1) is 5.92 Å². The number of likely N-dealkylation sites (N-methyl/N-ethyl adjacent to an activating group) is 1. The van der Waals surface area contributed by atoms with Crippen molar-refractivity contribution in [2.75, 3.05) is 75.0 Å². The lowest BCUT2D eigenvalue weighted by molar-refractivity contribution is -0.0435. The molecule has 2 fully saturated rings. The van der Waals surface area contributed by atoms with Crippen LogP contribution in [0.3, 0.4) is 0 Å². The molecule has 2 saturated heterocycles. The highest BCUT2D eigenvalue weighted by atomic mass is 35.5. The van der Waals surface area contributed by atoms with E-state index in [0.717, 1.165) is 59.0 Å². The van der Waals surface area contributed by atoms with E-state index in [-0.39, 0.29) is 17.5 Å². The molecule has 5 aromatic carbocycles. The van der Waals surface area contributed by atoms with E-state index in [1.807, 2.05) is 83.6 Å². The molecule has 12 nitrogen and oxygen atoms in total. The zero-order valence-corrected chi connectivity index (χ0v) is 42.2. The number of sulfone groups is 1. The number of rotatable bonds is 20. The van der Waals surface area contributed by atoms with Crippen LogP contribution in [-0.4, -0.2) is 120 Å². The number of thioether (sulfide) groups is 1. The molecule has 1 amide bonds. The van der Waals surface area contributed by atoms with Gasteiger partial charge in [-0.3, -0.25) is 9.69 Å². The fourth-order valence-corrected chi connectivity index (χ4v) is 12.1. The van der Waals surface area contributed by atoms with Crippen LogP contribution in [0.25, 0.3) is 11.1 Å². The predicted molar refractivity (Wildman–Crippen MR) is 271 cm³/mol. The number of nitrogens with zero attached hydrogens (tertiary/aromatic N) is 3. The number of amides is 1. The first-order chi connectivity index (χ1) is 33.5. The second kappa shape index (κ2) is 23.7.